The Hall–Kier alpha value is -0.560. The molecule has 0 fully saturated rings. The Balaban J connectivity index is 0.000000640. The van der Waals surface area contributed by atoms with E-state index in [-0.39, 0.29) is 12.4 Å². The predicted octanol–water partition coefficient (Wildman–Crippen LogP) is -2.00. The first-order valence-corrected chi connectivity index (χ1v) is 2.87. The lowest BCUT2D eigenvalue weighted by molar-refractivity contribution is -0.693. The monoisotopic (exact) mass is 143 g/mol. The number of aryl methyl sites for hydroxylation is 1. The van der Waals surface area contributed by atoms with Crippen molar-refractivity contribution in [3.63, 3.8) is 0 Å². The van der Waals surface area contributed by atoms with Crippen molar-refractivity contribution < 1.29 is 17.0 Å². The second-order valence-corrected chi connectivity index (χ2v) is 1.71. The highest BCUT2D eigenvalue weighted by Gasteiger charge is 1.86. The first kappa shape index (κ1) is 8.44. The van der Waals surface area contributed by atoms with Crippen LogP contribution in [0.25, 0.3) is 0 Å². The number of nitrogens with zero attached hydrogens (tertiary/aromatic N) is 1. The number of hydrogen-bond acceptors (Lipinski definition) is 0. The molecule has 1 nitrogen and oxygen atoms in total. The molecule has 1 aromatic rings. The van der Waals surface area contributed by atoms with Crippen molar-refractivity contribution in [1.29, 1.82) is 0 Å². The zero-order valence-corrected chi connectivity index (χ0v) is 6.17. The Morgan fingerprint density at radius 1 is 1.11 bits per heavy atom. The lowest BCUT2D eigenvalue weighted by atomic mass is 10.5. The molecule has 0 amide bonds. The van der Waals surface area contributed by atoms with Gasteiger partial charge in [0.25, 0.3) is 0 Å². The number of rotatable bonds is 1. The molecule has 9 heavy (non-hydrogen) atoms. The Kier molecular flexibility index (Phi) is 4.06. The van der Waals surface area contributed by atoms with Crippen molar-refractivity contribution in [2.75, 3.05) is 0 Å². The van der Waals surface area contributed by atoms with Crippen LogP contribution in [0.4, 0.5) is 0 Å². The van der Waals surface area contributed by atoms with Crippen molar-refractivity contribution in [3.8, 4) is 0 Å². The Morgan fingerprint density at radius 2 is 1.67 bits per heavy atom. The first-order valence-electron chi connectivity index (χ1n) is 2.87. The van der Waals surface area contributed by atoms with Crippen molar-refractivity contribution >= 4 is 0 Å². The average molecular weight is 144 g/mol. The normalized spacial score (nSPS) is 8.11. The summed E-state index contributed by atoms with van der Waals surface area (Å²) < 4.78 is 2.12. The summed E-state index contributed by atoms with van der Waals surface area (Å²) >= 11 is 0. The SMILES string of the molecule is CC[n+]1ccccc1.[Cl-]. The van der Waals surface area contributed by atoms with Crippen LogP contribution in [0.2, 0.25) is 0 Å². The van der Waals surface area contributed by atoms with Crippen LogP contribution >= 0.6 is 0 Å². The molecule has 2 heteroatoms. The standard InChI is InChI=1S/C7H10N.ClH/c1-2-8-6-4-3-5-7-8;/h3-7H,2H2,1H3;1H/q+1;/p-1. The zero-order valence-electron chi connectivity index (χ0n) is 5.42. The fourth-order valence-electron chi connectivity index (χ4n) is 0.645. The highest BCUT2D eigenvalue weighted by atomic mass is 35.5. The van der Waals surface area contributed by atoms with E-state index >= 15 is 0 Å². The smallest absolute Gasteiger partial charge is 0.168 e. The summed E-state index contributed by atoms with van der Waals surface area (Å²) in [4.78, 5) is 0. The van der Waals surface area contributed by atoms with Crippen molar-refractivity contribution in [1.82, 2.24) is 0 Å². The van der Waals surface area contributed by atoms with E-state index in [0.717, 1.165) is 6.54 Å². The quantitative estimate of drug-likeness (QED) is 0.401. The first-order chi connectivity index (χ1) is 3.93. The van der Waals surface area contributed by atoms with Gasteiger partial charge in [-0.15, -0.1) is 0 Å². The number of halogens is 1. The lowest BCUT2D eigenvalue weighted by Gasteiger charge is -1.84. The van der Waals surface area contributed by atoms with Crippen molar-refractivity contribution in [3.05, 3.63) is 30.6 Å². The van der Waals surface area contributed by atoms with Crippen molar-refractivity contribution in [2.24, 2.45) is 0 Å². The Bertz CT molecular complexity index is 150. The van der Waals surface area contributed by atoms with Gasteiger partial charge < -0.3 is 12.4 Å². The molecule has 0 saturated carbocycles. The van der Waals surface area contributed by atoms with Gasteiger partial charge in [-0.3, -0.25) is 0 Å². The van der Waals surface area contributed by atoms with Crippen LogP contribution in [0.15, 0.2) is 30.6 Å². The largest absolute Gasteiger partial charge is 1.00 e. The molecule has 0 saturated heterocycles. The molecule has 0 aliphatic heterocycles. The molecular weight excluding hydrogens is 134 g/mol. The molecule has 0 unspecified atom stereocenters. The summed E-state index contributed by atoms with van der Waals surface area (Å²) in [5.74, 6) is 0. The van der Waals surface area contributed by atoms with E-state index in [1.54, 1.807) is 0 Å². The lowest BCUT2D eigenvalue weighted by Crippen LogP contribution is -3.00. The molecule has 1 aromatic heterocycles. The Morgan fingerprint density at radius 3 is 2.00 bits per heavy atom. The third kappa shape index (κ3) is 2.47. The van der Waals surface area contributed by atoms with Crippen LogP contribution in [0.1, 0.15) is 6.92 Å². The zero-order chi connectivity index (χ0) is 5.82. The van der Waals surface area contributed by atoms with E-state index < -0.39 is 0 Å². The number of hydrogen-bond donors (Lipinski definition) is 0. The fraction of sp³-hybridized carbons (Fsp3) is 0.286. The van der Waals surface area contributed by atoms with Gasteiger partial charge >= 0.3 is 0 Å². The van der Waals surface area contributed by atoms with Gasteiger partial charge in [0.15, 0.2) is 12.4 Å². The third-order valence-corrected chi connectivity index (χ3v) is 1.14. The summed E-state index contributed by atoms with van der Waals surface area (Å²) in [6.45, 7) is 3.18. The highest BCUT2D eigenvalue weighted by Crippen LogP contribution is 1.74. The number of aromatic nitrogens is 1. The van der Waals surface area contributed by atoms with Gasteiger partial charge in [0, 0.05) is 12.1 Å². The van der Waals surface area contributed by atoms with Gasteiger partial charge in [-0.25, -0.2) is 4.57 Å². The summed E-state index contributed by atoms with van der Waals surface area (Å²) in [6, 6.07) is 6.08. The topological polar surface area (TPSA) is 3.88 Å². The molecule has 50 valence electrons. The molecule has 0 aromatic carbocycles. The van der Waals surface area contributed by atoms with E-state index in [1.807, 2.05) is 18.2 Å². The predicted molar refractivity (Wildman–Crippen MR) is 32.3 cm³/mol. The minimum atomic E-state index is 0. The van der Waals surface area contributed by atoms with Crippen LogP contribution < -0.4 is 17.0 Å². The average Bonchev–Trinajstić information content (AvgIpc) is 1.90. The molecule has 0 aliphatic carbocycles. The highest BCUT2D eigenvalue weighted by molar-refractivity contribution is 4.83. The van der Waals surface area contributed by atoms with Crippen LogP contribution in [0, 0.1) is 0 Å². The van der Waals surface area contributed by atoms with Gasteiger partial charge in [0.1, 0.15) is 6.54 Å². The van der Waals surface area contributed by atoms with E-state index in [4.69, 9.17) is 0 Å². The molecule has 1 heterocycles. The number of pyridine rings is 1. The van der Waals surface area contributed by atoms with Gasteiger partial charge in [-0.1, -0.05) is 6.07 Å². The van der Waals surface area contributed by atoms with Crippen LogP contribution in [-0.2, 0) is 6.54 Å². The fourth-order valence-corrected chi connectivity index (χ4v) is 0.645. The minimum Gasteiger partial charge on any atom is -1.00 e. The van der Waals surface area contributed by atoms with Gasteiger partial charge in [0.2, 0.25) is 0 Å². The summed E-state index contributed by atoms with van der Waals surface area (Å²) in [5.41, 5.74) is 0. The second-order valence-electron chi connectivity index (χ2n) is 1.71. The van der Waals surface area contributed by atoms with Gasteiger partial charge in [-0.05, 0) is 6.92 Å². The molecule has 0 N–H and O–H groups in total. The van der Waals surface area contributed by atoms with Crippen LogP contribution in [-0.4, -0.2) is 0 Å². The summed E-state index contributed by atoms with van der Waals surface area (Å²) in [5, 5.41) is 0. The van der Waals surface area contributed by atoms with Gasteiger partial charge in [0.05, 0.1) is 0 Å². The third-order valence-electron chi connectivity index (χ3n) is 1.14. The molecule has 0 aliphatic rings. The molecular formula is C7H10ClN. The molecule has 0 spiro atoms. The maximum Gasteiger partial charge on any atom is 0.168 e. The van der Waals surface area contributed by atoms with Gasteiger partial charge in [-0.2, -0.15) is 0 Å². The molecule has 0 radical (unpaired) electrons. The van der Waals surface area contributed by atoms with Crippen LogP contribution in [0.5, 0.6) is 0 Å². The van der Waals surface area contributed by atoms with Crippen molar-refractivity contribution in [2.45, 2.75) is 13.5 Å². The molecule has 1 rings (SSSR count). The van der Waals surface area contributed by atoms with Crippen LogP contribution in [0.3, 0.4) is 0 Å². The maximum absolute atomic E-state index is 2.12. The summed E-state index contributed by atoms with van der Waals surface area (Å²) in [7, 11) is 0. The molecule has 0 bridgehead atoms. The van der Waals surface area contributed by atoms with E-state index in [2.05, 4.69) is 23.9 Å². The second kappa shape index (κ2) is 4.33. The Labute approximate surface area is 61.7 Å². The van der Waals surface area contributed by atoms with E-state index in [1.165, 1.54) is 0 Å². The molecule has 0 atom stereocenters. The minimum absolute atomic E-state index is 0. The van der Waals surface area contributed by atoms with E-state index in [9.17, 15) is 0 Å². The van der Waals surface area contributed by atoms with E-state index in [0.29, 0.717) is 0 Å². The summed E-state index contributed by atoms with van der Waals surface area (Å²) in [6.07, 6.45) is 4.11. The maximum atomic E-state index is 2.12.